The molecule has 0 N–H and O–H groups in total. The zero-order valence-electron chi connectivity index (χ0n) is 73.3. The van der Waals surface area contributed by atoms with Crippen molar-refractivity contribution in [1.82, 2.24) is 49.0 Å². The summed E-state index contributed by atoms with van der Waals surface area (Å²) in [7, 11) is 0. The highest BCUT2D eigenvalue weighted by Gasteiger charge is 2.27. The number of hydrogen-bond acceptors (Lipinski definition) is 10. The van der Waals surface area contributed by atoms with E-state index in [0.29, 0.717) is 34.9 Å². The zero-order chi connectivity index (χ0) is 89.9. The van der Waals surface area contributed by atoms with Crippen LogP contribution in [0.3, 0.4) is 0 Å². The van der Waals surface area contributed by atoms with Crippen molar-refractivity contribution in [2.75, 3.05) is 0 Å². The molecular formula is C124H78N10O2. The molecule has 12 heteroatoms. The normalized spacial score (nSPS) is 11.5. The van der Waals surface area contributed by atoms with Crippen LogP contribution in [0.1, 0.15) is 0 Å². The lowest BCUT2D eigenvalue weighted by Gasteiger charge is -2.15. The first kappa shape index (κ1) is 79.6. The summed E-state index contributed by atoms with van der Waals surface area (Å²) in [6.45, 7) is 0. The predicted molar refractivity (Wildman–Crippen MR) is 555 cm³/mol. The largest absolute Gasteiger partial charge is 0.456 e. The van der Waals surface area contributed by atoms with Gasteiger partial charge in [-0.1, -0.05) is 346 Å². The molecule has 0 amide bonds. The van der Waals surface area contributed by atoms with Crippen molar-refractivity contribution in [2.24, 2.45) is 0 Å². The van der Waals surface area contributed by atoms with Gasteiger partial charge in [-0.3, -0.25) is 9.97 Å². The fourth-order valence-electron chi connectivity index (χ4n) is 19.3. The Morgan fingerprint density at radius 3 is 0.846 bits per heavy atom. The van der Waals surface area contributed by atoms with Crippen LogP contribution in [0.5, 0.6) is 0 Å². The van der Waals surface area contributed by atoms with Crippen molar-refractivity contribution in [3.8, 4) is 169 Å². The molecule has 0 bridgehead atoms. The van der Waals surface area contributed by atoms with Gasteiger partial charge in [0.25, 0.3) is 0 Å². The number of pyridine rings is 2. The molecule has 26 rings (SSSR count). The van der Waals surface area contributed by atoms with Crippen LogP contribution >= 0.6 is 0 Å². The van der Waals surface area contributed by atoms with Crippen molar-refractivity contribution in [1.29, 1.82) is 0 Å². The predicted octanol–water partition coefficient (Wildman–Crippen LogP) is 31.9. The van der Waals surface area contributed by atoms with Crippen LogP contribution in [0, 0.1) is 0 Å². The number of aromatic nitrogens is 10. The molecule has 0 saturated heterocycles. The summed E-state index contributed by atoms with van der Waals surface area (Å²) in [4.78, 5) is 41.7. The van der Waals surface area contributed by atoms with E-state index < -0.39 is 0 Å². The van der Waals surface area contributed by atoms with E-state index in [1.54, 1.807) is 0 Å². The molecule has 0 radical (unpaired) electrons. The lowest BCUT2D eigenvalue weighted by atomic mass is 9.91. The van der Waals surface area contributed by atoms with Gasteiger partial charge in [-0.05, 0) is 171 Å². The van der Waals surface area contributed by atoms with E-state index >= 15 is 0 Å². The second-order valence-corrected chi connectivity index (χ2v) is 34.0. The van der Waals surface area contributed by atoms with Gasteiger partial charge in [0.15, 0.2) is 34.9 Å². The first-order chi connectivity index (χ1) is 67.4. The lowest BCUT2D eigenvalue weighted by Crippen LogP contribution is -2.02. The summed E-state index contributed by atoms with van der Waals surface area (Å²) in [5.41, 5.74) is 31.5. The molecule has 8 aromatic heterocycles. The molecule has 136 heavy (non-hydrogen) atoms. The number of rotatable bonds is 16. The molecule has 12 nitrogen and oxygen atoms in total. The molecular weight excluding hydrogens is 1660 g/mol. The Labute approximate surface area is 782 Å². The van der Waals surface area contributed by atoms with Gasteiger partial charge in [-0.2, -0.15) is 0 Å². The van der Waals surface area contributed by atoms with E-state index in [1.807, 2.05) is 134 Å². The molecule has 0 aliphatic rings. The SMILES string of the molecule is c1ccc(-c2nc(-c3ccccc3)nc(-c3cc(-c4ccc(-c5ccccc5)c(-c5ccccc5)c4)cnc3-c3ccc4c(c3)oc3cc5c6ccccc6n(-c6ccccc6)c5cc34)n2)cc1.c1ccc(-c2nc(-c3ccccc3)nc(-c3cc(-c4ccc(-c5ccccc5)c(-c5ccccc5)c4)cnc3-c3ccc4oc5cc6c7ccccc7n(-c7ccccc7)c6cc5c4c3)n2)cc1. The summed E-state index contributed by atoms with van der Waals surface area (Å²) in [6.07, 6.45) is 3.94. The fourth-order valence-corrected chi connectivity index (χ4v) is 19.3. The fraction of sp³-hybridized carbons (Fsp3) is 0. The van der Waals surface area contributed by atoms with E-state index in [0.717, 1.165) is 211 Å². The van der Waals surface area contributed by atoms with Crippen molar-refractivity contribution >= 4 is 87.5 Å². The number of hydrogen-bond donors (Lipinski definition) is 0. The van der Waals surface area contributed by atoms with E-state index in [4.69, 9.17) is 48.7 Å². The lowest BCUT2D eigenvalue weighted by molar-refractivity contribution is 0.669. The zero-order valence-corrected chi connectivity index (χ0v) is 73.3. The minimum atomic E-state index is 0.520. The highest BCUT2D eigenvalue weighted by Crippen LogP contribution is 2.47. The number of para-hydroxylation sites is 4. The summed E-state index contributed by atoms with van der Waals surface area (Å²) in [5.74, 6) is 3.37. The average Bonchev–Trinajstić information content (AvgIpc) is 1.57. The third kappa shape index (κ3) is 14.6. The molecule has 636 valence electrons. The van der Waals surface area contributed by atoms with Crippen LogP contribution < -0.4 is 0 Å². The number of benzene rings is 18. The Kier molecular flexibility index (Phi) is 20.0. The Morgan fingerprint density at radius 2 is 0.449 bits per heavy atom. The Hall–Kier alpha value is -18.5. The van der Waals surface area contributed by atoms with Crippen LogP contribution in [0.2, 0.25) is 0 Å². The molecule has 0 saturated carbocycles. The third-order valence-electron chi connectivity index (χ3n) is 25.8. The quantitative estimate of drug-likeness (QED) is 0.0918. The highest BCUT2D eigenvalue weighted by atomic mass is 16.3. The topological polar surface area (TPSA) is 139 Å². The van der Waals surface area contributed by atoms with E-state index in [9.17, 15) is 0 Å². The van der Waals surface area contributed by atoms with Crippen LogP contribution in [0.25, 0.3) is 256 Å². The molecule has 0 aliphatic heterocycles. The first-order valence-corrected chi connectivity index (χ1v) is 45.6. The van der Waals surface area contributed by atoms with Gasteiger partial charge < -0.3 is 18.0 Å². The van der Waals surface area contributed by atoms with Gasteiger partial charge in [0, 0.05) is 122 Å². The molecule has 0 unspecified atom stereocenters. The van der Waals surface area contributed by atoms with Gasteiger partial charge in [-0.15, -0.1) is 0 Å². The maximum absolute atomic E-state index is 6.80. The number of nitrogens with zero attached hydrogens (tertiary/aromatic N) is 10. The van der Waals surface area contributed by atoms with Crippen LogP contribution in [-0.4, -0.2) is 49.0 Å². The van der Waals surface area contributed by atoms with Crippen LogP contribution in [-0.2, 0) is 0 Å². The monoisotopic (exact) mass is 1740 g/mol. The molecule has 0 fully saturated rings. The Morgan fingerprint density at radius 1 is 0.154 bits per heavy atom. The van der Waals surface area contributed by atoms with Gasteiger partial charge in [0.1, 0.15) is 22.3 Å². The second kappa shape index (κ2) is 34.1. The number of furan rings is 2. The van der Waals surface area contributed by atoms with Gasteiger partial charge in [0.2, 0.25) is 0 Å². The minimum absolute atomic E-state index is 0.520. The van der Waals surface area contributed by atoms with E-state index in [2.05, 4.69) is 349 Å². The second-order valence-electron chi connectivity index (χ2n) is 34.0. The Bertz CT molecular complexity index is 8920. The molecule has 26 aromatic rings. The summed E-state index contributed by atoms with van der Waals surface area (Å²) >= 11 is 0. The van der Waals surface area contributed by atoms with Gasteiger partial charge in [-0.25, -0.2) is 29.9 Å². The van der Waals surface area contributed by atoms with Crippen molar-refractivity contribution < 1.29 is 8.83 Å². The third-order valence-corrected chi connectivity index (χ3v) is 25.8. The molecule has 8 heterocycles. The van der Waals surface area contributed by atoms with Crippen LogP contribution in [0.15, 0.2) is 482 Å². The maximum Gasteiger partial charge on any atom is 0.166 e. The standard InChI is InChI=1S/2C62H39N5O/c1-6-18-40(19-7-1)48-32-30-44(34-51(48)41-20-8-2-9-21-41)46-35-54(62-65-60(42-22-10-3-11-23-42)64-61(66-62)43-24-12-4-13-25-43)59(63-39-46)45-31-33-50-53-37-56-52(38-58(53)68-57(50)36-45)49-28-16-17-29-55(49)67(56)47-26-14-5-15-27-47;1-6-18-40(19-7-1)48-32-30-44(34-50(48)41-20-8-2-9-21-41)46-36-54(62-65-60(42-22-10-3-11-23-42)64-61(66-62)43-24-12-4-13-25-43)59(63-39-46)45-31-33-57-52(35-45)53-37-56-51(38-58(53)68-57)49-28-16-17-29-55(49)67(56)47-26-14-5-15-27-47/h2*1-39H. The highest BCUT2D eigenvalue weighted by molar-refractivity contribution is 6.19. The molecule has 0 aliphatic carbocycles. The Balaban J connectivity index is 0.000000145. The van der Waals surface area contributed by atoms with Crippen molar-refractivity contribution in [3.05, 3.63) is 473 Å². The van der Waals surface area contributed by atoms with Crippen LogP contribution in [0.4, 0.5) is 0 Å². The summed E-state index contributed by atoms with van der Waals surface area (Å²) in [5, 5.41) is 8.73. The van der Waals surface area contributed by atoms with Crippen molar-refractivity contribution in [2.45, 2.75) is 0 Å². The smallest absolute Gasteiger partial charge is 0.166 e. The maximum atomic E-state index is 6.80. The van der Waals surface area contributed by atoms with E-state index in [1.165, 1.54) is 10.8 Å². The first-order valence-electron chi connectivity index (χ1n) is 45.6. The molecule has 0 atom stereocenters. The van der Waals surface area contributed by atoms with Crippen molar-refractivity contribution in [3.63, 3.8) is 0 Å². The summed E-state index contributed by atoms with van der Waals surface area (Å²) < 4.78 is 18.2. The van der Waals surface area contributed by atoms with Gasteiger partial charge >= 0.3 is 0 Å². The summed E-state index contributed by atoms with van der Waals surface area (Å²) in [6, 6.07) is 160. The molecule has 18 aromatic carbocycles. The minimum Gasteiger partial charge on any atom is -0.456 e. The van der Waals surface area contributed by atoms with Gasteiger partial charge in [0.05, 0.1) is 33.5 Å². The van der Waals surface area contributed by atoms with E-state index in [-0.39, 0.29) is 0 Å². The molecule has 0 spiro atoms. The average molecular weight is 1740 g/mol. The number of fused-ring (bicyclic) bond motifs is 12.